The minimum Gasteiger partial charge on any atom is -0.492 e. The van der Waals surface area contributed by atoms with Gasteiger partial charge >= 0.3 is 0 Å². The SMILES string of the molecule is COCc1cc(-c2nc(-c3cnc(O)c(Cl)c3)no2)ccc1-c1ccccc1C. The standard InChI is InChI=1S/C22H18ClN3O3/c1-13-5-3-4-6-17(13)18-8-7-14(9-16(18)12-28-2)22-25-20(26-29-22)15-10-19(23)21(27)24-11-15/h3-11H,12H2,1-2H3,(H,24,27). The first-order valence-corrected chi connectivity index (χ1v) is 9.31. The van der Waals surface area contributed by atoms with Crippen LogP contribution in [0.25, 0.3) is 34.0 Å². The van der Waals surface area contributed by atoms with Gasteiger partial charge in [0.15, 0.2) is 0 Å². The minimum atomic E-state index is -0.241. The molecule has 0 unspecified atom stereocenters. The van der Waals surface area contributed by atoms with Gasteiger partial charge in [-0.2, -0.15) is 4.98 Å². The Morgan fingerprint density at radius 2 is 1.90 bits per heavy atom. The van der Waals surface area contributed by atoms with Gasteiger partial charge in [0.2, 0.25) is 11.7 Å². The van der Waals surface area contributed by atoms with Crippen LogP contribution in [-0.2, 0) is 11.3 Å². The van der Waals surface area contributed by atoms with Crippen molar-refractivity contribution >= 4 is 11.6 Å². The molecule has 4 aromatic rings. The van der Waals surface area contributed by atoms with E-state index in [0.717, 1.165) is 22.3 Å². The fourth-order valence-electron chi connectivity index (χ4n) is 3.15. The van der Waals surface area contributed by atoms with Crippen LogP contribution >= 0.6 is 11.6 Å². The van der Waals surface area contributed by atoms with Crippen LogP contribution < -0.4 is 0 Å². The molecule has 7 heteroatoms. The summed E-state index contributed by atoms with van der Waals surface area (Å²) >= 11 is 5.92. The smallest absolute Gasteiger partial charge is 0.258 e. The first-order chi connectivity index (χ1) is 14.1. The Labute approximate surface area is 172 Å². The summed E-state index contributed by atoms with van der Waals surface area (Å²) in [6.07, 6.45) is 1.44. The zero-order valence-corrected chi connectivity index (χ0v) is 16.6. The second-order valence-electron chi connectivity index (χ2n) is 6.57. The number of halogens is 1. The molecule has 0 radical (unpaired) electrons. The summed E-state index contributed by atoms with van der Waals surface area (Å²) in [6.45, 7) is 2.54. The van der Waals surface area contributed by atoms with Crippen LogP contribution in [0.5, 0.6) is 5.88 Å². The molecule has 2 aromatic heterocycles. The summed E-state index contributed by atoms with van der Waals surface area (Å²) in [7, 11) is 1.67. The number of hydrogen-bond acceptors (Lipinski definition) is 6. The first-order valence-electron chi connectivity index (χ1n) is 8.93. The van der Waals surface area contributed by atoms with Crippen molar-refractivity contribution in [3.63, 3.8) is 0 Å². The second kappa shape index (κ2) is 8.03. The highest BCUT2D eigenvalue weighted by molar-refractivity contribution is 6.32. The molecule has 0 aliphatic carbocycles. The van der Waals surface area contributed by atoms with Crippen LogP contribution in [0.1, 0.15) is 11.1 Å². The van der Waals surface area contributed by atoms with Gasteiger partial charge in [0, 0.05) is 24.4 Å². The van der Waals surface area contributed by atoms with Gasteiger partial charge in [-0.15, -0.1) is 0 Å². The molecular formula is C22H18ClN3O3. The van der Waals surface area contributed by atoms with Crippen LogP contribution in [-0.4, -0.2) is 27.3 Å². The summed E-state index contributed by atoms with van der Waals surface area (Å²) in [5.74, 6) is 0.471. The normalized spacial score (nSPS) is 11.0. The number of methoxy groups -OCH3 is 1. The van der Waals surface area contributed by atoms with Crippen molar-refractivity contribution in [3.05, 3.63) is 70.9 Å². The Balaban J connectivity index is 1.73. The Bertz CT molecular complexity index is 1170. The lowest BCUT2D eigenvalue weighted by atomic mass is 9.94. The number of aromatic nitrogens is 3. The molecule has 0 saturated heterocycles. The average molecular weight is 408 g/mol. The molecule has 0 bridgehead atoms. The summed E-state index contributed by atoms with van der Waals surface area (Å²) in [4.78, 5) is 8.26. The predicted octanol–water partition coefficient (Wildman–Crippen LogP) is 5.28. The van der Waals surface area contributed by atoms with Crippen LogP contribution in [0, 0.1) is 6.92 Å². The monoisotopic (exact) mass is 407 g/mol. The lowest BCUT2D eigenvalue weighted by molar-refractivity contribution is 0.185. The molecule has 0 amide bonds. The highest BCUT2D eigenvalue weighted by atomic mass is 35.5. The van der Waals surface area contributed by atoms with Gasteiger partial charge in [-0.25, -0.2) is 4.98 Å². The largest absolute Gasteiger partial charge is 0.492 e. The second-order valence-corrected chi connectivity index (χ2v) is 6.98. The van der Waals surface area contributed by atoms with Crippen molar-refractivity contribution < 1.29 is 14.4 Å². The van der Waals surface area contributed by atoms with Crippen molar-refractivity contribution in [3.8, 4) is 39.8 Å². The maximum Gasteiger partial charge on any atom is 0.258 e. The molecule has 0 fully saturated rings. The zero-order valence-electron chi connectivity index (χ0n) is 15.9. The number of ether oxygens (including phenoxy) is 1. The molecule has 146 valence electrons. The van der Waals surface area contributed by atoms with Gasteiger partial charge in [0.1, 0.15) is 5.02 Å². The first kappa shape index (κ1) is 19.1. The van der Waals surface area contributed by atoms with Gasteiger partial charge < -0.3 is 14.4 Å². The van der Waals surface area contributed by atoms with E-state index >= 15 is 0 Å². The van der Waals surface area contributed by atoms with E-state index in [1.165, 1.54) is 17.8 Å². The van der Waals surface area contributed by atoms with Gasteiger partial charge in [-0.1, -0.05) is 47.1 Å². The number of aromatic hydroxyl groups is 1. The molecule has 4 rings (SSSR count). The minimum absolute atomic E-state index is 0.124. The third-order valence-corrected chi connectivity index (χ3v) is 4.87. The quantitative estimate of drug-likeness (QED) is 0.484. The summed E-state index contributed by atoms with van der Waals surface area (Å²) < 4.78 is 10.8. The van der Waals surface area contributed by atoms with E-state index in [1.807, 2.05) is 30.3 Å². The molecule has 2 aromatic carbocycles. The molecule has 0 aliphatic heterocycles. The fourth-order valence-corrected chi connectivity index (χ4v) is 3.32. The molecule has 0 atom stereocenters. The van der Waals surface area contributed by atoms with Gasteiger partial charge in [0.05, 0.1) is 6.61 Å². The molecule has 0 saturated carbocycles. The Kier molecular flexibility index (Phi) is 5.29. The van der Waals surface area contributed by atoms with Gasteiger partial charge in [-0.3, -0.25) is 0 Å². The van der Waals surface area contributed by atoms with Crippen LogP contribution in [0.3, 0.4) is 0 Å². The van der Waals surface area contributed by atoms with E-state index in [0.29, 0.717) is 23.9 Å². The Morgan fingerprint density at radius 1 is 1.07 bits per heavy atom. The van der Waals surface area contributed by atoms with E-state index < -0.39 is 0 Å². The van der Waals surface area contributed by atoms with Crippen LogP contribution in [0.4, 0.5) is 0 Å². The lowest BCUT2D eigenvalue weighted by Gasteiger charge is -2.12. The molecule has 0 aliphatic rings. The summed E-state index contributed by atoms with van der Waals surface area (Å²) in [6, 6.07) is 15.7. The van der Waals surface area contributed by atoms with E-state index in [-0.39, 0.29) is 10.9 Å². The van der Waals surface area contributed by atoms with Crippen LogP contribution in [0.2, 0.25) is 5.02 Å². The van der Waals surface area contributed by atoms with Crippen molar-refractivity contribution in [2.75, 3.05) is 7.11 Å². The Morgan fingerprint density at radius 3 is 2.66 bits per heavy atom. The fraction of sp³-hybridized carbons (Fsp3) is 0.136. The maximum absolute atomic E-state index is 9.48. The number of nitrogens with zero attached hydrogens (tertiary/aromatic N) is 3. The third kappa shape index (κ3) is 3.85. The summed E-state index contributed by atoms with van der Waals surface area (Å²) in [5.41, 5.74) is 5.80. The molecule has 6 nitrogen and oxygen atoms in total. The van der Waals surface area contributed by atoms with Gasteiger partial charge in [-0.05, 0) is 47.4 Å². The Hall–Kier alpha value is -3.22. The maximum atomic E-state index is 9.48. The number of benzene rings is 2. The molecular weight excluding hydrogens is 390 g/mol. The highest BCUT2D eigenvalue weighted by Gasteiger charge is 2.15. The van der Waals surface area contributed by atoms with E-state index in [2.05, 4.69) is 34.2 Å². The van der Waals surface area contributed by atoms with Gasteiger partial charge in [0.25, 0.3) is 5.89 Å². The zero-order chi connectivity index (χ0) is 20.4. The molecule has 2 heterocycles. The van der Waals surface area contributed by atoms with Crippen molar-refractivity contribution in [2.24, 2.45) is 0 Å². The lowest BCUT2D eigenvalue weighted by Crippen LogP contribution is -1.95. The highest BCUT2D eigenvalue weighted by Crippen LogP contribution is 2.32. The van der Waals surface area contributed by atoms with Crippen LogP contribution in [0.15, 0.2) is 59.3 Å². The third-order valence-electron chi connectivity index (χ3n) is 4.59. The van der Waals surface area contributed by atoms with E-state index in [9.17, 15) is 5.11 Å². The number of rotatable bonds is 5. The topological polar surface area (TPSA) is 81.3 Å². The molecule has 0 spiro atoms. The van der Waals surface area contributed by atoms with Crippen molar-refractivity contribution in [1.29, 1.82) is 0 Å². The molecule has 29 heavy (non-hydrogen) atoms. The van der Waals surface area contributed by atoms with E-state index in [4.69, 9.17) is 20.9 Å². The predicted molar refractivity (Wildman–Crippen MR) is 111 cm³/mol. The van der Waals surface area contributed by atoms with E-state index in [1.54, 1.807) is 7.11 Å². The number of aryl methyl sites for hydroxylation is 1. The number of hydrogen-bond donors (Lipinski definition) is 1. The van der Waals surface area contributed by atoms with Crippen molar-refractivity contribution in [2.45, 2.75) is 13.5 Å². The average Bonchev–Trinajstić information content (AvgIpc) is 3.21. The molecule has 1 N–H and O–H groups in total. The summed E-state index contributed by atoms with van der Waals surface area (Å²) in [5, 5.41) is 13.6. The number of pyridine rings is 1. The van der Waals surface area contributed by atoms with Crippen molar-refractivity contribution in [1.82, 2.24) is 15.1 Å².